The maximum atomic E-state index is 2.46. The molecule has 0 amide bonds. The van der Waals surface area contributed by atoms with Crippen LogP contribution in [0.3, 0.4) is 0 Å². The van der Waals surface area contributed by atoms with Crippen molar-refractivity contribution in [1.82, 2.24) is 0 Å². The Balaban J connectivity index is 2.04. The van der Waals surface area contributed by atoms with Crippen LogP contribution in [0.4, 0.5) is 0 Å². The first kappa shape index (κ1) is 6.69. The van der Waals surface area contributed by atoms with E-state index in [1.807, 2.05) is 0 Å². The van der Waals surface area contributed by atoms with Crippen molar-refractivity contribution >= 4 is 0 Å². The summed E-state index contributed by atoms with van der Waals surface area (Å²) in [6.45, 7) is 4.89. The lowest BCUT2D eigenvalue weighted by Crippen LogP contribution is -2.27. The van der Waals surface area contributed by atoms with Crippen LogP contribution < -0.4 is 0 Å². The molecule has 0 heteroatoms. The van der Waals surface area contributed by atoms with Crippen LogP contribution in [0, 0.1) is 23.7 Å². The minimum absolute atomic E-state index is 1.01. The number of rotatable bonds is 0. The largest absolute Gasteiger partial charge is 0.0622 e. The van der Waals surface area contributed by atoms with Gasteiger partial charge in [0.2, 0.25) is 0 Å². The summed E-state index contributed by atoms with van der Waals surface area (Å²) in [5, 5.41) is 0. The molecule has 3 saturated carbocycles. The van der Waals surface area contributed by atoms with Gasteiger partial charge < -0.3 is 0 Å². The monoisotopic (exact) mass is 138 g/mol. The minimum Gasteiger partial charge on any atom is -0.0622 e. The molecule has 3 rings (SSSR count). The molecule has 0 spiro atoms. The maximum Gasteiger partial charge on any atom is -0.0381 e. The number of fused-ring (bicyclic) bond motifs is 3. The Kier molecular flexibility index (Phi) is 1.51. The van der Waals surface area contributed by atoms with E-state index >= 15 is 0 Å². The van der Waals surface area contributed by atoms with E-state index in [9.17, 15) is 0 Å². The molecule has 10 heavy (non-hydrogen) atoms. The second-order valence-electron chi connectivity index (χ2n) is 4.51. The van der Waals surface area contributed by atoms with Crippen LogP contribution in [0.1, 0.15) is 39.5 Å². The normalized spacial score (nSPS) is 53.4. The van der Waals surface area contributed by atoms with Gasteiger partial charge >= 0.3 is 0 Å². The molecule has 0 heterocycles. The van der Waals surface area contributed by atoms with E-state index < -0.39 is 0 Å². The standard InChI is InChI=1S/C10H18/c1-7-3-4-9-5-10(6-9)8(7)2/h7-10H,3-6H2,1-2H3. The molecule has 3 aliphatic rings. The van der Waals surface area contributed by atoms with Gasteiger partial charge in [-0.1, -0.05) is 26.7 Å². The van der Waals surface area contributed by atoms with Crippen LogP contribution in [0.5, 0.6) is 0 Å². The highest BCUT2D eigenvalue weighted by atomic mass is 14.4. The smallest absolute Gasteiger partial charge is 0.0381 e. The fourth-order valence-corrected chi connectivity index (χ4v) is 2.68. The van der Waals surface area contributed by atoms with E-state index in [-0.39, 0.29) is 0 Å². The van der Waals surface area contributed by atoms with Gasteiger partial charge in [-0.2, -0.15) is 0 Å². The van der Waals surface area contributed by atoms with Gasteiger partial charge in [-0.3, -0.25) is 0 Å². The van der Waals surface area contributed by atoms with Crippen LogP contribution in [-0.4, -0.2) is 0 Å². The van der Waals surface area contributed by atoms with Crippen molar-refractivity contribution < 1.29 is 0 Å². The van der Waals surface area contributed by atoms with Crippen molar-refractivity contribution in [2.45, 2.75) is 39.5 Å². The zero-order valence-electron chi connectivity index (χ0n) is 7.14. The SMILES string of the molecule is CC1CCC2CC(C2)C1C. The van der Waals surface area contributed by atoms with Crippen molar-refractivity contribution in [1.29, 1.82) is 0 Å². The maximum absolute atomic E-state index is 2.46. The summed E-state index contributed by atoms with van der Waals surface area (Å²) in [7, 11) is 0. The first-order valence-corrected chi connectivity index (χ1v) is 4.77. The second kappa shape index (κ2) is 2.25. The molecule has 0 aromatic rings. The zero-order valence-corrected chi connectivity index (χ0v) is 7.14. The third-order valence-corrected chi connectivity index (χ3v) is 3.94. The predicted octanol–water partition coefficient (Wildman–Crippen LogP) is 3.08. The van der Waals surface area contributed by atoms with Crippen LogP contribution in [-0.2, 0) is 0 Å². The molecule has 2 unspecified atom stereocenters. The van der Waals surface area contributed by atoms with Gasteiger partial charge in [0.25, 0.3) is 0 Å². The Labute approximate surface area is 64.0 Å². The average molecular weight is 138 g/mol. The van der Waals surface area contributed by atoms with Crippen LogP contribution in [0.25, 0.3) is 0 Å². The van der Waals surface area contributed by atoms with Crippen molar-refractivity contribution in [3.05, 3.63) is 0 Å². The van der Waals surface area contributed by atoms with E-state index in [0.717, 1.165) is 23.7 Å². The van der Waals surface area contributed by atoms with Gasteiger partial charge in [0.05, 0.1) is 0 Å². The Morgan fingerprint density at radius 1 is 1.00 bits per heavy atom. The highest BCUT2D eigenvalue weighted by molar-refractivity contribution is 4.88. The molecule has 2 bridgehead atoms. The molecule has 0 N–H and O–H groups in total. The first-order valence-electron chi connectivity index (χ1n) is 4.77. The van der Waals surface area contributed by atoms with Crippen molar-refractivity contribution in [3.8, 4) is 0 Å². The molecule has 3 aliphatic carbocycles. The van der Waals surface area contributed by atoms with Gasteiger partial charge in [-0.05, 0) is 36.5 Å². The van der Waals surface area contributed by atoms with Gasteiger partial charge in [0.15, 0.2) is 0 Å². The number of hydrogen-bond donors (Lipinski definition) is 0. The molecule has 0 aliphatic heterocycles. The summed E-state index contributed by atoms with van der Waals surface area (Å²) >= 11 is 0. The molecular formula is C10H18. The minimum atomic E-state index is 1.01. The van der Waals surface area contributed by atoms with Crippen LogP contribution >= 0.6 is 0 Å². The molecule has 0 saturated heterocycles. The summed E-state index contributed by atoms with van der Waals surface area (Å²) in [4.78, 5) is 0. The van der Waals surface area contributed by atoms with Crippen molar-refractivity contribution in [3.63, 3.8) is 0 Å². The first-order chi connectivity index (χ1) is 4.77. The van der Waals surface area contributed by atoms with Crippen molar-refractivity contribution in [2.75, 3.05) is 0 Å². The summed E-state index contributed by atoms with van der Waals surface area (Å²) in [5.41, 5.74) is 0. The average Bonchev–Trinajstić information content (AvgIpc) is 1.98. The molecule has 0 aromatic heterocycles. The molecule has 0 aromatic carbocycles. The van der Waals surface area contributed by atoms with Crippen molar-refractivity contribution in [2.24, 2.45) is 23.7 Å². The predicted molar refractivity (Wildman–Crippen MR) is 43.8 cm³/mol. The van der Waals surface area contributed by atoms with Crippen LogP contribution in [0.2, 0.25) is 0 Å². The highest BCUT2D eigenvalue weighted by Gasteiger charge is 2.38. The van der Waals surface area contributed by atoms with Gasteiger partial charge in [-0.15, -0.1) is 0 Å². The summed E-state index contributed by atoms with van der Waals surface area (Å²) in [6.07, 6.45) is 6.15. The summed E-state index contributed by atoms with van der Waals surface area (Å²) < 4.78 is 0. The third kappa shape index (κ3) is 0.889. The van der Waals surface area contributed by atoms with E-state index in [0.29, 0.717) is 0 Å². The number of hydrogen-bond acceptors (Lipinski definition) is 0. The molecule has 0 radical (unpaired) electrons. The Morgan fingerprint density at radius 2 is 1.70 bits per heavy atom. The lowest BCUT2D eigenvalue weighted by atomic mass is 9.69. The van der Waals surface area contributed by atoms with Gasteiger partial charge in [0.1, 0.15) is 0 Å². The van der Waals surface area contributed by atoms with Gasteiger partial charge in [0, 0.05) is 0 Å². The molecular weight excluding hydrogens is 120 g/mol. The molecule has 3 fully saturated rings. The topological polar surface area (TPSA) is 0 Å². The molecule has 2 atom stereocenters. The third-order valence-electron chi connectivity index (χ3n) is 3.94. The lowest BCUT2D eigenvalue weighted by Gasteiger charge is -2.36. The molecule has 58 valence electrons. The lowest BCUT2D eigenvalue weighted by molar-refractivity contribution is 0.140. The summed E-state index contributed by atoms with van der Waals surface area (Å²) in [6, 6.07) is 0. The van der Waals surface area contributed by atoms with E-state index in [1.54, 1.807) is 12.8 Å². The fourth-order valence-electron chi connectivity index (χ4n) is 2.68. The fraction of sp³-hybridized carbons (Fsp3) is 1.00. The second-order valence-corrected chi connectivity index (χ2v) is 4.51. The zero-order chi connectivity index (χ0) is 7.14. The highest BCUT2D eigenvalue weighted by Crippen LogP contribution is 2.48. The van der Waals surface area contributed by atoms with E-state index in [4.69, 9.17) is 0 Å². The van der Waals surface area contributed by atoms with Crippen LogP contribution in [0.15, 0.2) is 0 Å². The van der Waals surface area contributed by atoms with E-state index in [2.05, 4.69) is 13.8 Å². The Hall–Kier alpha value is 0. The van der Waals surface area contributed by atoms with E-state index in [1.165, 1.54) is 12.8 Å². The molecule has 0 nitrogen and oxygen atoms in total. The quantitative estimate of drug-likeness (QED) is 0.482. The van der Waals surface area contributed by atoms with Gasteiger partial charge in [-0.25, -0.2) is 0 Å². The Morgan fingerprint density at radius 3 is 2.40 bits per heavy atom. The summed E-state index contributed by atoms with van der Waals surface area (Å²) in [5.74, 6) is 4.29. The Bertz CT molecular complexity index is 117.